The van der Waals surface area contributed by atoms with Crippen molar-refractivity contribution in [3.05, 3.63) is 126 Å². The second kappa shape index (κ2) is 11.2. The molecule has 1 saturated heterocycles. The van der Waals surface area contributed by atoms with Gasteiger partial charge >= 0.3 is 0 Å². The standard InChI is InChI=1S/C33H29N3O3S/c1-3-37-25-15-11-23(12-16-25)29-19-20-30(39-29)32-31(27-9-6-7-21-34-27)35-33(40)36(32)24-13-17-26(18-14-24)38-28-10-5-4-8-22(28)2/h4-21,31-32H,3H2,1-2H3,(H,35,40)/t31-,32-/m1/s1. The second-order valence-electron chi connectivity index (χ2n) is 9.52. The Labute approximate surface area is 239 Å². The summed E-state index contributed by atoms with van der Waals surface area (Å²) >= 11 is 5.87. The molecule has 40 heavy (non-hydrogen) atoms. The van der Waals surface area contributed by atoms with E-state index in [0.29, 0.717) is 11.7 Å². The Morgan fingerprint density at radius 2 is 1.62 bits per heavy atom. The summed E-state index contributed by atoms with van der Waals surface area (Å²) < 4.78 is 18.2. The van der Waals surface area contributed by atoms with Gasteiger partial charge in [0.15, 0.2) is 5.11 Å². The summed E-state index contributed by atoms with van der Waals surface area (Å²) in [5.74, 6) is 3.98. The molecule has 0 bridgehead atoms. The van der Waals surface area contributed by atoms with Crippen molar-refractivity contribution in [3.63, 3.8) is 0 Å². The molecule has 0 unspecified atom stereocenters. The monoisotopic (exact) mass is 547 g/mol. The Kier molecular flexibility index (Phi) is 7.21. The highest BCUT2D eigenvalue weighted by Crippen LogP contribution is 2.43. The highest BCUT2D eigenvalue weighted by Gasteiger charge is 2.42. The minimum Gasteiger partial charge on any atom is -0.494 e. The van der Waals surface area contributed by atoms with Crippen LogP contribution in [-0.2, 0) is 0 Å². The maximum absolute atomic E-state index is 6.49. The van der Waals surface area contributed by atoms with E-state index < -0.39 is 0 Å². The number of furan rings is 1. The Morgan fingerprint density at radius 1 is 0.875 bits per heavy atom. The predicted octanol–water partition coefficient (Wildman–Crippen LogP) is 8.02. The molecular formula is C33H29N3O3S. The largest absolute Gasteiger partial charge is 0.494 e. The van der Waals surface area contributed by atoms with E-state index in [9.17, 15) is 0 Å². The molecule has 6 rings (SSSR count). The van der Waals surface area contributed by atoms with E-state index in [2.05, 4.69) is 15.2 Å². The summed E-state index contributed by atoms with van der Waals surface area (Å²) in [4.78, 5) is 6.73. The number of thiocarbonyl (C=S) groups is 1. The molecule has 1 fully saturated rings. The van der Waals surface area contributed by atoms with Gasteiger partial charge in [0, 0.05) is 17.4 Å². The van der Waals surface area contributed by atoms with Crippen LogP contribution in [0, 0.1) is 6.92 Å². The van der Waals surface area contributed by atoms with Gasteiger partial charge in [0.05, 0.1) is 18.3 Å². The minimum absolute atomic E-state index is 0.198. The molecule has 5 aromatic rings. The first kappa shape index (κ1) is 25.6. The van der Waals surface area contributed by atoms with Crippen molar-refractivity contribution in [3.8, 4) is 28.6 Å². The molecule has 1 aliphatic heterocycles. The van der Waals surface area contributed by atoms with Crippen LogP contribution in [0.5, 0.6) is 17.2 Å². The lowest BCUT2D eigenvalue weighted by Gasteiger charge is -2.26. The molecule has 200 valence electrons. The van der Waals surface area contributed by atoms with E-state index in [1.54, 1.807) is 6.20 Å². The molecule has 0 spiro atoms. The molecule has 7 heteroatoms. The number of hydrogen-bond acceptors (Lipinski definition) is 5. The van der Waals surface area contributed by atoms with Crippen LogP contribution in [0.3, 0.4) is 0 Å². The molecule has 0 aliphatic carbocycles. The van der Waals surface area contributed by atoms with Gasteiger partial charge in [0.1, 0.15) is 34.8 Å². The van der Waals surface area contributed by atoms with Crippen LogP contribution < -0.4 is 19.7 Å². The van der Waals surface area contributed by atoms with Gasteiger partial charge in [-0.05, 0) is 110 Å². The Morgan fingerprint density at radius 3 is 2.35 bits per heavy atom. The Balaban J connectivity index is 1.33. The first-order chi connectivity index (χ1) is 19.6. The number of rotatable bonds is 8. The number of pyridine rings is 1. The average molecular weight is 548 g/mol. The van der Waals surface area contributed by atoms with E-state index in [-0.39, 0.29) is 12.1 Å². The van der Waals surface area contributed by atoms with Gasteiger partial charge in [-0.1, -0.05) is 24.3 Å². The quantitative estimate of drug-likeness (QED) is 0.197. The first-order valence-corrected chi connectivity index (χ1v) is 13.7. The third kappa shape index (κ3) is 5.16. The number of benzene rings is 3. The van der Waals surface area contributed by atoms with Crippen LogP contribution in [0.15, 0.2) is 114 Å². The van der Waals surface area contributed by atoms with Gasteiger partial charge in [0.25, 0.3) is 0 Å². The molecule has 3 heterocycles. The number of nitrogens with zero attached hydrogens (tertiary/aromatic N) is 2. The van der Waals surface area contributed by atoms with Gasteiger partial charge in [0.2, 0.25) is 0 Å². The molecule has 1 aliphatic rings. The van der Waals surface area contributed by atoms with Crippen molar-refractivity contribution in [2.45, 2.75) is 25.9 Å². The van der Waals surface area contributed by atoms with E-state index in [0.717, 1.165) is 51.3 Å². The summed E-state index contributed by atoms with van der Waals surface area (Å²) in [5.41, 5.74) is 3.87. The van der Waals surface area contributed by atoms with Crippen molar-refractivity contribution in [1.82, 2.24) is 10.3 Å². The lowest BCUT2D eigenvalue weighted by molar-refractivity contribution is 0.340. The van der Waals surface area contributed by atoms with Gasteiger partial charge in [-0.2, -0.15) is 0 Å². The number of aryl methyl sites for hydroxylation is 1. The third-order valence-corrected chi connectivity index (χ3v) is 7.22. The fourth-order valence-electron chi connectivity index (χ4n) is 4.94. The molecule has 6 nitrogen and oxygen atoms in total. The third-order valence-electron chi connectivity index (χ3n) is 6.90. The molecular weight excluding hydrogens is 518 g/mol. The zero-order chi connectivity index (χ0) is 27.5. The Bertz CT molecular complexity index is 1600. The van der Waals surface area contributed by atoms with E-state index >= 15 is 0 Å². The summed E-state index contributed by atoms with van der Waals surface area (Å²) in [6.45, 7) is 4.63. The zero-order valence-corrected chi connectivity index (χ0v) is 23.1. The smallest absolute Gasteiger partial charge is 0.174 e. The van der Waals surface area contributed by atoms with Gasteiger partial charge in [-0.25, -0.2) is 0 Å². The molecule has 1 N–H and O–H groups in total. The van der Waals surface area contributed by atoms with Crippen molar-refractivity contribution in [1.29, 1.82) is 0 Å². The number of aromatic nitrogens is 1. The first-order valence-electron chi connectivity index (χ1n) is 13.3. The van der Waals surface area contributed by atoms with Crippen molar-refractivity contribution >= 4 is 23.0 Å². The SMILES string of the molecule is CCOc1ccc(-c2ccc([C@@H]3[C@@H](c4ccccn4)NC(=S)N3c3ccc(Oc4ccccc4C)cc3)o2)cc1. The van der Waals surface area contributed by atoms with Gasteiger partial charge in [-0.15, -0.1) is 0 Å². The lowest BCUT2D eigenvalue weighted by Crippen LogP contribution is -2.29. The minimum atomic E-state index is -0.248. The average Bonchev–Trinajstić information content (AvgIpc) is 3.60. The van der Waals surface area contributed by atoms with E-state index in [1.165, 1.54) is 0 Å². The summed E-state index contributed by atoms with van der Waals surface area (Å²) in [7, 11) is 0. The Hall–Kier alpha value is -4.62. The number of ether oxygens (including phenoxy) is 2. The summed E-state index contributed by atoms with van der Waals surface area (Å²) in [6.07, 6.45) is 1.80. The fourth-order valence-corrected chi connectivity index (χ4v) is 5.29. The highest BCUT2D eigenvalue weighted by molar-refractivity contribution is 7.80. The van der Waals surface area contributed by atoms with Crippen LogP contribution in [-0.4, -0.2) is 16.7 Å². The zero-order valence-electron chi connectivity index (χ0n) is 22.3. The number of hydrogen-bond donors (Lipinski definition) is 1. The van der Waals surface area contributed by atoms with Crippen LogP contribution in [0.2, 0.25) is 0 Å². The molecule has 3 aromatic carbocycles. The number of para-hydroxylation sites is 1. The number of anilines is 1. The molecule has 0 amide bonds. The maximum Gasteiger partial charge on any atom is 0.174 e. The molecule has 0 saturated carbocycles. The van der Waals surface area contributed by atoms with Crippen molar-refractivity contribution < 1.29 is 13.9 Å². The second-order valence-corrected chi connectivity index (χ2v) is 9.90. The summed E-state index contributed by atoms with van der Waals surface area (Å²) in [5, 5.41) is 4.09. The molecule has 2 atom stereocenters. The molecule has 2 aromatic heterocycles. The van der Waals surface area contributed by atoms with Crippen LogP contribution in [0.1, 0.15) is 36.0 Å². The lowest BCUT2D eigenvalue weighted by atomic mass is 10.0. The fraction of sp³-hybridized carbons (Fsp3) is 0.152. The normalized spacial score (nSPS) is 16.6. The molecule has 0 radical (unpaired) electrons. The predicted molar refractivity (Wildman–Crippen MR) is 161 cm³/mol. The van der Waals surface area contributed by atoms with Gasteiger partial charge in [-0.3, -0.25) is 4.98 Å². The maximum atomic E-state index is 6.49. The van der Waals surface area contributed by atoms with Gasteiger partial charge < -0.3 is 24.1 Å². The van der Waals surface area contributed by atoms with Crippen LogP contribution >= 0.6 is 12.2 Å². The van der Waals surface area contributed by atoms with E-state index in [4.69, 9.17) is 26.1 Å². The topological polar surface area (TPSA) is 59.8 Å². The summed E-state index contributed by atoms with van der Waals surface area (Å²) in [6, 6.07) is 33.3. The van der Waals surface area contributed by atoms with E-state index in [1.807, 2.05) is 117 Å². The number of nitrogens with one attached hydrogen (secondary N) is 1. The van der Waals surface area contributed by atoms with Crippen molar-refractivity contribution in [2.24, 2.45) is 0 Å². The highest BCUT2D eigenvalue weighted by atomic mass is 32.1. The van der Waals surface area contributed by atoms with Crippen LogP contribution in [0.4, 0.5) is 5.69 Å². The van der Waals surface area contributed by atoms with Crippen LogP contribution in [0.25, 0.3) is 11.3 Å². The van der Waals surface area contributed by atoms with Crippen molar-refractivity contribution in [2.75, 3.05) is 11.5 Å².